The normalized spacial score (nSPS) is 19.1. The summed E-state index contributed by atoms with van der Waals surface area (Å²) in [6.07, 6.45) is 1.26. The minimum absolute atomic E-state index is 0.0931. The van der Waals surface area contributed by atoms with Crippen molar-refractivity contribution in [3.8, 4) is 0 Å². The molecule has 2 unspecified atom stereocenters. The first-order chi connectivity index (χ1) is 14.0. The summed E-state index contributed by atoms with van der Waals surface area (Å²) in [6, 6.07) is 7.18. The van der Waals surface area contributed by atoms with Crippen LogP contribution in [-0.4, -0.2) is 48.9 Å². The Morgan fingerprint density at radius 1 is 1.30 bits per heavy atom. The molecular formula is C22H33ClN2O5. The molecule has 1 fully saturated rings. The van der Waals surface area contributed by atoms with E-state index >= 15 is 0 Å². The fourth-order valence-electron chi connectivity index (χ4n) is 3.52. The lowest BCUT2D eigenvalue weighted by Crippen LogP contribution is -2.54. The minimum atomic E-state index is -1.21. The first-order valence-electron chi connectivity index (χ1n) is 10.4. The molecule has 8 heteroatoms. The van der Waals surface area contributed by atoms with Crippen LogP contribution >= 0.6 is 11.6 Å². The predicted octanol–water partition coefficient (Wildman–Crippen LogP) is 4.07. The molecule has 1 amide bonds. The lowest BCUT2D eigenvalue weighted by Gasteiger charge is -2.43. The van der Waals surface area contributed by atoms with E-state index in [0.29, 0.717) is 30.3 Å². The number of piperidine rings is 1. The average molecular weight is 441 g/mol. The highest BCUT2D eigenvalue weighted by molar-refractivity contribution is 6.30. The van der Waals surface area contributed by atoms with E-state index in [2.05, 4.69) is 0 Å². The van der Waals surface area contributed by atoms with Gasteiger partial charge in [0.2, 0.25) is 0 Å². The third kappa shape index (κ3) is 6.86. The summed E-state index contributed by atoms with van der Waals surface area (Å²) in [5.74, 6) is -0.538. The zero-order valence-corrected chi connectivity index (χ0v) is 19.0. The molecule has 2 N–H and O–H groups in total. The molecule has 1 aliphatic rings. The minimum Gasteiger partial charge on any atom is -0.466 e. The Morgan fingerprint density at radius 2 is 2.03 bits per heavy atom. The van der Waals surface area contributed by atoms with E-state index in [0.717, 1.165) is 12.8 Å². The van der Waals surface area contributed by atoms with Crippen LogP contribution in [0.2, 0.25) is 5.02 Å². The van der Waals surface area contributed by atoms with Crippen molar-refractivity contribution in [2.24, 2.45) is 11.7 Å². The van der Waals surface area contributed by atoms with Crippen molar-refractivity contribution in [1.82, 2.24) is 4.90 Å². The topological polar surface area (TPSA) is 91.1 Å². The van der Waals surface area contributed by atoms with Crippen LogP contribution in [0, 0.1) is 5.92 Å². The molecule has 0 aromatic heterocycles. The highest BCUT2D eigenvalue weighted by Crippen LogP contribution is 2.36. The monoisotopic (exact) mass is 440 g/mol. The van der Waals surface area contributed by atoms with Gasteiger partial charge < -0.3 is 19.1 Å². The van der Waals surface area contributed by atoms with E-state index in [9.17, 15) is 9.59 Å². The summed E-state index contributed by atoms with van der Waals surface area (Å²) in [5.41, 5.74) is 5.72. The highest BCUT2D eigenvalue weighted by Gasteiger charge is 2.42. The maximum atomic E-state index is 12.6. The Kier molecular flexibility index (Phi) is 8.52. The van der Waals surface area contributed by atoms with Crippen LogP contribution in [0.5, 0.6) is 0 Å². The third-order valence-corrected chi connectivity index (χ3v) is 5.14. The van der Waals surface area contributed by atoms with Crippen molar-refractivity contribution < 1.29 is 23.8 Å². The second-order valence-electron chi connectivity index (χ2n) is 8.47. The first-order valence-corrected chi connectivity index (χ1v) is 10.8. The maximum absolute atomic E-state index is 12.6. The molecule has 0 saturated carbocycles. The van der Waals surface area contributed by atoms with Gasteiger partial charge in [-0.1, -0.05) is 23.7 Å². The molecule has 1 aromatic rings. The standard InChI is InChI=1S/C22H33ClN2O5/c1-5-28-19(26)11-13-29-22(24,16-8-6-10-18(23)14-16)17-9-7-12-25(15-17)20(27)30-21(2,3)4/h6,8,10,14,17H,5,7,9,11-13,15,24H2,1-4H3. The van der Waals surface area contributed by atoms with Gasteiger partial charge in [0.05, 0.1) is 19.6 Å². The van der Waals surface area contributed by atoms with Crippen molar-refractivity contribution in [3.05, 3.63) is 34.9 Å². The number of amides is 1. The zero-order chi connectivity index (χ0) is 22.4. The largest absolute Gasteiger partial charge is 0.466 e. The molecule has 1 saturated heterocycles. The first kappa shape index (κ1) is 24.4. The van der Waals surface area contributed by atoms with Crippen molar-refractivity contribution >= 4 is 23.7 Å². The van der Waals surface area contributed by atoms with E-state index in [1.165, 1.54) is 0 Å². The third-order valence-electron chi connectivity index (χ3n) is 4.91. The highest BCUT2D eigenvalue weighted by atomic mass is 35.5. The van der Waals surface area contributed by atoms with Gasteiger partial charge in [0, 0.05) is 29.6 Å². The molecular weight excluding hydrogens is 408 g/mol. The number of rotatable bonds is 7. The van der Waals surface area contributed by atoms with Crippen molar-refractivity contribution in [1.29, 1.82) is 0 Å². The Bertz CT molecular complexity index is 736. The molecule has 30 heavy (non-hydrogen) atoms. The molecule has 1 aliphatic heterocycles. The molecule has 2 atom stereocenters. The molecule has 0 bridgehead atoms. The molecule has 1 aromatic carbocycles. The Morgan fingerprint density at radius 3 is 2.67 bits per heavy atom. The summed E-state index contributed by atoms with van der Waals surface area (Å²) in [6.45, 7) is 8.67. The van der Waals surface area contributed by atoms with Gasteiger partial charge in [-0.15, -0.1) is 0 Å². The van der Waals surface area contributed by atoms with Crippen LogP contribution in [0.25, 0.3) is 0 Å². The lowest BCUT2D eigenvalue weighted by molar-refractivity contribution is -0.149. The van der Waals surface area contributed by atoms with Gasteiger partial charge in [0.25, 0.3) is 0 Å². The number of likely N-dealkylation sites (tertiary alicyclic amines) is 1. The molecule has 0 spiro atoms. The maximum Gasteiger partial charge on any atom is 0.410 e. The van der Waals surface area contributed by atoms with Gasteiger partial charge >= 0.3 is 12.1 Å². The van der Waals surface area contributed by atoms with Crippen LogP contribution in [0.3, 0.4) is 0 Å². The second kappa shape index (κ2) is 10.5. The number of hydrogen-bond donors (Lipinski definition) is 1. The van der Waals surface area contributed by atoms with Crippen LogP contribution in [0.4, 0.5) is 4.79 Å². The molecule has 2 rings (SSSR count). The number of carbonyl (C=O) groups excluding carboxylic acids is 2. The smallest absolute Gasteiger partial charge is 0.410 e. The van der Waals surface area contributed by atoms with E-state index < -0.39 is 11.3 Å². The fourth-order valence-corrected chi connectivity index (χ4v) is 3.71. The van der Waals surface area contributed by atoms with E-state index in [-0.39, 0.29) is 31.0 Å². The van der Waals surface area contributed by atoms with Crippen LogP contribution < -0.4 is 5.73 Å². The van der Waals surface area contributed by atoms with Gasteiger partial charge in [-0.05, 0) is 52.7 Å². The molecule has 1 heterocycles. The molecule has 0 aliphatic carbocycles. The van der Waals surface area contributed by atoms with Gasteiger partial charge in [-0.25, -0.2) is 4.79 Å². The van der Waals surface area contributed by atoms with Crippen molar-refractivity contribution in [2.75, 3.05) is 26.3 Å². The summed E-state index contributed by atoms with van der Waals surface area (Å²) >= 11 is 6.20. The summed E-state index contributed by atoms with van der Waals surface area (Å²) in [4.78, 5) is 26.0. The number of ether oxygens (including phenoxy) is 3. The second-order valence-corrected chi connectivity index (χ2v) is 8.91. The van der Waals surface area contributed by atoms with Crippen molar-refractivity contribution in [2.45, 2.75) is 58.3 Å². The zero-order valence-electron chi connectivity index (χ0n) is 18.3. The van der Waals surface area contributed by atoms with Gasteiger partial charge in [-0.2, -0.15) is 0 Å². The van der Waals surface area contributed by atoms with Crippen molar-refractivity contribution in [3.63, 3.8) is 0 Å². The Hall–Kier alpha value is -1.83. The lowest BCUT2D eigenvalue weighted by atomic mass is 9.83. The SMILES string of the molecule is CCOC(=O)CCOC(N)(c1cccc(Cl)c1)C1CCCN(C(=O)OC(C)(C)C)C1. The van der Waals surface area contributed by atoms with Crippen LogP contribution in [0.15, 0.2) is 24.3 Å². The average Bonchev–Trinajstić information content (AvgIpc) is 2.67. The number of halogens is 1. The summed E-state index contributed by atoms with van der Waals surface area (Å²) < 4.78 is 16.6. The number of esters is 1. The van der Waals surface area contributed by atoms with E-state index in [1.54, 1.807) is 24.0 Å². The molecule has 168 valence electrons. The van der Waals surface area contributed by atoms with Crippen LogP contribution in [-0.2, 0) is 24.7 Å². The Balaban J connectivity index is 2.20. The predicted molar refractivity (Wildman–Crippen MR) is 115 cm³/mol. The van der Waals surface area contributed by atoms with Gasteiger partial charge in [0.15, 0.2) is 0 Å². The summed E-state index contributed by atoms with van der Waals surface area (Å²) in [7, 11) is 0. The van der Waals surface area contributed by atoms with Gasteiger partial charge in [-0.3, -0.25) is 10.5 Å². The number of carbonyl (C=O) groups is 2. The number of nitrogens with two attached hydrogens (primary N) is 1. The Labute approximate surface area is 183 Å². The van der Waals surface area contributed by atoms with E-state index in [4.69, 9.17) is 31.5 Å². The molecule has 7 nitrogen and oxygen atoms in total. The summed E-state index contributed by atoms with van der Waals surface area (Å²) in [5, 5.41) is 0.538. The fraction of sp³-hybridized carbons (Fsp3) is 0.636. The van der Waals surface area contributed by atoms with E-state index in [1.807, 2.05) is 32.9 Å². The molecule has 0 radical (unpaired) electrons. The quantitative estimate of drug-likeness (QED) is 0.507. The number of benzene rings is 1. The van der Waals surface area contributed by atoms with Crippen LogP contribution in [0.1, 0.15) is 52.5 Å². The number of hydrogen-bond acceptors (Lipinski definition) is 6. The number of nitrogens with zero attached hydrogens (tertiary/aromatic N) is 1. The van der Waals surface area contributed by atoms with Gasteiger partial charge in [0.1, 0.15) is 11.3 Å².